The molecule has 0 atom stereocenters. The summed E-state index contributed by atoms with van der Waals surface area (Å²) in [4.78, 5) is 38.3. The second kappa shape index (κ2) is 10.5. The van der Waals surface area contributed by atoms with Crippen LogP contribution in [-0.4, -0.2) is 22.4 Å². The van der Waals surface area contributed by atoms with Crippen LogP contribution >= 0.6 is 39.1 Å². The first-order chi connectivity index (χ1) is 16.7. The highest BCUT2D eigenvalue weighted by Crippen LogP contribution is 2.27. The van der Waals surface area contributed by atoms with Gasteiger partial charge in [-0.1, -0.05) is 69.0 Å². The standard InChI is InChI=1S/C25H19BrCl2N4O3/c1-14-2-4-15(5-3-14)13-29-24(34)25(35)31-32-21-9-6-17(26)10-16(21)11-22(32)23(33)30-18-7-8-19(27)20(28)12-18/h2-12H,13H2,1H3,(H,29,34)(H,30,33)(H,31,35). The van der Waals surface area contributed by atoms with Crippen LogP contribution in [0.15, 0.2) is 71.2 Å². The van der Waals surface area contributed by atoms with Crippen molar-refractivity contribution >= 4 is 73.4 Å². The molecule has 3 amide bonds. The number of aromatic nitrogens is 1. The molecule has 0 aliphatic heterocycles. The third kappa shape index (κ3) is 5.85. The number of nitrogens with one attached hydrogen (secondary N) is 3. The van der Waals surface area contributed by atoms with Crippen LogP contribution in [0.5, 0.6) is 0 Å². The maximum absolute atomic E-state index is 13.1. The van der Waals surface area contributed by atoms with Crippen LogP contribution in [0.3, 0.4) is 0 Å². The number of hydrogen-bond donors (Lipinski definition) is 3. The number of carbonyl (C=O) groups is 3. The quantitative estimate of drug-likeness (QED) is 0.269. The van der Waals surface area contributed by atoms with Gasteiger partial charge in [0.05, 0.1) is 15.6 Å². The van der Waals surface area contributed by atoms with Gasteiger partial charge in [0.15, 0.2) is 0 Å². The number of carbonyl (C=O) groups excluding carboxylic acids is 3. The summed E-state index contributed by atoms with van der Waals surface area (Å²) in [6.45, 7) is 2.15. The summed E-state index contributed by atoms with van der Waals surface area (Å²) in [5.74, 6) is -2.27. The van der Waals surface area contributed by atoms with Crippen LogP contribution in [0.4, 0.5) is 5.69 Å². The topological polar surface area (TPSA) is 92.2 Å². The number of fused-ring (bicyclic) bond motifs is 1. The van der Waals surface area contributed by atoms with Crippen molar-refractivity contribution in [2.24, 2.45) is 0 Å². The molecular weight excluding hydrogens is 555 g/mol. The fraction of sp³-hybridized carbons (Fsp3) is 0.0800. The van der Waals surface area contributed by atoms with Crippen molar-refractivity contribution in [1.82, 2.24) is 9.99 Å². The van der Waals surface area contributed by atoms with E-state index in [4.69, 9.17) is 23.2 Å². The summed E-state index contributed by atoms with van der Waals surface area (Å²) in [6, 6.07) is 19.2. The van der Waals surface area contributed by atoms with Crippen molar-refractivity contribution < 1.29 is 14.4 Å². The smallest absolute Gasteiger partial charge is 0.328 e. The summed E-state index contributed by atoms with van der Waals surface area (Å²) in [7, 11) is 0. The van der Waals surface area contributed by atoms with Gasteiger partial charge in [-0.3, -0.25) is 19.8 Å². The minimum Gasteiger partial charge on any atom is -0.344 e. The van der Waals surface area contributed by atoms with E-state index in [1.54, 1.807) is 36.4 Å². The highest BCUT2D eigenvalue weighted by Gasteiger charge is 2.21. The number of aryl methyl sites for hydroxylation is 1. The van der Waals surface area contributed by atoms with Crippen LogP contribution < -0.4 is 16.1 Å². The van der Waals surface area contributed by atoms with Crippen LogP contribution in [0.1, 0.15) is 21.6 Å². The van der Waals surface area contributed by atoms with E-state index in [1.165, 1.54) is 10.7 Å². The molecule has 3 N–H and O–H groups in total. The molecule has 4 rings (SSSR count). The van der Waals surface area contributed by atoms with Crippen LogP contribution in [0.25, 0.3) is 10.9 Å². The predicted octanol–water partition coefficient (Wildman–Crippen LogP) is 5.66. The summed E-state index contributed by atoms with van der Waals surface area (Å²) < 4.78 is 2.07. The van der Waals surface area contributed by atoms with E-state index in [0.29, 0.717) is 21.6 Å². The molecule has 1 heterocycles. The molecule has 0 saturated heterocycles. The number of halogens is 3. The molecule has 0 saturated carbocycles. The maximum Gasteiger partial charge on any atom is 0.328 e. The second-order valence-electron chi connectivity index (χ2n) is 7.76. The van der Waals surface area contributed by atoms with Crippen LogP contribution in [0, 0.1) is 6.92 Å². The summed E-state index contributed by atoms with van der Waals surface area (Å²) in [5, 5.41) is 6.64. The van der Waals surface area contributed by atoms with Crippen molar-refractivity contribution in [3.63, 3.8) is 0 Å². The maximum atomic E-state index is 13.1. The minimum absolute atomic E-state index is 0.115. The third-order valence-corrected chi connectivity index (χ3v) is 6.40. The summed E-state index contributed by atoms with van der Waals surface area (Å²) >= 11 is 15.4. The van der Waals surface area contributed by atoms with Crippen molar-refractivity contribution in [3.05, 3.63) is 98.1 Å². The molecule has 7 nitrogen and oxygen atoms in total. The first-order valence-corrected chi connectivity index (χ1v) is 12.0. The molecule has 178 valence electrons. The summed E-state index contributed by atoms with van der Waals surface area (Å²) in [6.07, 6.45) is 0. The Balaban J connectivity index is 1.56. The van der Waals surface area contributed by atoms with Gasteiger partial charge in [-0.25, -0.2) is 4.68 Å². The van der Waals surface area contributed by atoms with E-state index in [1.807, 2.05) is 31.2 Å². The van der Waals surface area contributed by atoms with E-state index in [9.17, 15) is 14.4 Å². The minimum atomic E-state index is -0.916. The molecule has 0 aliphatic rings. The van der Waals surface area contributed by atoms with Gasteiger partial charge in [0.25, 0.3) is 5.91 Å². The van der Waals surface area contributed by atoms with Gasteiger partial charge < -0.3 is 10.6 Å². The zero-order valence-corrected chi connectivity index (χ0v) is 21.5. The van der Waals surface area contributed by atoms with E-state index >= 15 is 0 Å². The number of rotatable bonds is 5. The predicted molar refractivity (Wildman–Crippen MR) is 141 cm³/mol. The fourth-order valence-corrected chi connectivity index (χ4v) is 4.04. The first-order valence-electron chi connectivity index (χ1n) is 10.4. The van der Waals surface area contributed by atoms with E-state index in [0.717, 1.165) is 15.6 Å². The Bertz CT molecular complexity index is 1450. The zero-order chi connectivity index (χ0) is 25.1. The number of amides is 3. The Kier molecular flexibility index (Phi) is 7.45. The monoisotopic (exact) mass is 572 g/mol. The van der Waals surface area contributed by atoms with Gasteiger partial charge in [0.1, 0.15) is 5.69 Å². The largest absolute Gasteiger partial charge is 0.344 e. The molecule has 0 radical (unpaired) electrons. The van der Waals surface area contributed by atoms with E-state index in [2.05, 4.69) is 32.0 Å². The normalized spacial score (nSPS) is 10.7. The number of benzene rings is 3. The Hall–Kier alpha value is -3.33. The molecule has 3 aromatic carbocycles. The highest BCUT2D eigenvalue weighted by molar-refractivity contribution is 9.10. The Labute approximate surface area is 219 Å². The Morgan fingerprint density at radius 2 is 1.63 bits per heavy atom. The van der Waals surface area contributed by atoms with Gasteiger partial charge in [0.2, 0.25) is 0 Å². The van der Waals surface area contributed by atoms with Crippen molar-refractivity contribution in [3.8, 4) is 0 Å². The molecule has 0 spiro atoms. The average Bonchev–Trinajstić information content (AvgIpc) is 3.18. The van der Waals surface area contributed by atoms with Crippen molar-refractivity contribution in [2.75, 3.05) is 10.7 Å². The number of nitrogens with zero attached hydrogens (tertiary/aromatic N) is 1. The molecule has 0 unspecified atom stereocenters. The van der Waals surface area contributed by atoms with Crippen LogP contribution in [0.2, 0.25) is 10.0 Å². The molecule has 1 aromatic heterocycles. The molecule has 10 heteroatoms. The lowest BCUT2D eigenvalue weighted by Gasteiger charge is -2.13. The molecule has 0 aliphatic carbocycles. The molecule has 4 aromatic rings. The fourth-order valence-electron chi connectivity index (χ4n) is 3.36. The third-order valence-electron chi connectivity index (χ3n) is 5.17. The van der Waals surface area contributed by atoms with Gasteiger partial charge in [-0.15, -0.1) is 0 Å². The lowest BCUT2D eigenvalue weighted by atomic mass is 10.1. The van der Waals surface area contributed by atoms with Crippen LogP contribution in [-0.2, 0) is 16.1 Å². The number of hydrogen-bond acceptors (Lipinski definition) is 3. The van der Waals surface area contributed by atoms with E-state index in [-0.39, 0.29) is 17.3 Å². The number of anilines is 1. The lowest BCUT2D eigenvalue weighted by Crippen LogP contribution is -2.39. The second-order valence-corrected chi connectivity index (χ2v) is 9.49. The zero-order valence-electron chi connectivity index (χ0n) is 18.4. The SMILES string of the molecule is Cc1ccc(CNC(=O)C(=O)Nn2c(C(=O)Nc3ccc(Cl)c(Cl)c3)cc3cc(Br)ccc32)cc1. The van der Waals surface area contributed by atoms with Crippen molar-refractivity contribution in [2.45, 2.75) is 13.5 Å². The first kappa shape index (κ1) is 24.8. The molecule has 0 fully saturated rings. The Morgan fingerprint density at radius 3 is 2.34 bits per heavy atom. The highest BCUT2D eigenvalue weighted by atomic mass is 79.9. The van der Waals surface area contributed by atoms with Gasteiger partial charge in [0, 0.05) is 22.1 Å². The Morgan fingerprint density at radius 1 is 0.886 bits per heavy atom. The average molecular weight is 574 g/mol. The molecular formula is C25H19BrCl2N4O3. The summed E-state index contributed by atoms with van der Waals surface area (Å²) in [5.41, 5.74) is 5.55. The van der Waals surface area contributed by atoms with Gasteiger partial charge >= 0.3 is 11.8 Å². The molecule has 0 bridgehead atoms. The van der Waals surface area contributed by atoms with Gasteiger partial charge in [-0.05, 0) is 55.0 Å². The van der Waals surface area contributed by atoms with E-state index < -0.39 is 17.7 Å². The van der Waals surface area contributed by atoms with Gasteiger partial charge in [-0.2, -0.15) is 0 Å². The molecule has 35 heavy (non-hydrogen) atoms. The van der Waals surface area contributed by atoms with Crippen molar-refractivity contribution in [1.29, 1.82) is 0 Å². The lowest BCUT2D eigenvalue weighted by molar-refractivity contribution is -0.136.